The van der Waals surface area contributed by atoms with Crippen molar-refractivity contribution in [2.45, 2.75) is 181 Å². The fourth-order valence-corrected chi connectivity index (χ4v) is 11.3. The number of primary amides is 1. The number of nitrogens with two attached hydrogens (primary N) is 1. The molecule has 1 aromatic heterocycles. The van der Waals surface area contributed by atoms with Gasteiger partial charge in [-0.25, -0.2) is 14.6 Å². The van der Waals surface area contributed by atoms with Gasteiger partial charge in [0.15, 0.2) is 0 Å². The second-order valence-electron chi connectivity index (χ2n) is 23.6. The first kappa shape index (κ1) is 72.8. The number of carboxylic acids is 1. The van der Waals surface area contributed by atoms with Gasteiger partial charge in [-0.15, -0.1) is 11.3 Å². The number of hydrogen-bond acceptors (Lipinski definition) is 15. The first-order valence-electron chi connectivity index (χ1n) is 30.0. The minimum absolute atomic E-state index is 0.0582. The summed E-state index contributed by atoms with van der Waals surface area (Å²) in [5.41, 5.74) is 5.45. The summed E-state index contributed by atoms with van der Waals surface area (Å²) in [7, 11) is 4.68. The van der Waals surface area contributed by atoms with Gasteiger partial charge >= 0.3 is 18.1 Å². The Labute approximate surface area is 520 Å². The van der Waals surface area contributed by atoms with Crippen LogP contribution in [0, 0.1) is 23.7 Å². The summed E-state index contributed by atoms with van der Waals surface area (Å²) in [5.74, 6) is -6.34. The number of nitrogens with zero attached hydrogens (tertiary/aromatic N) is 3. The number of carboxylic acid groups (broad SMARTS) is 1. The lowest BCUT2D eigenvalue weighted by atomic mass is 9.89. The number of nitrogens with one attached hydrogen (secondary N) is 7. The third kappa shape index (κ3) is 22.2. The van der Waals surface area contributed by atoms with Crippen molar-refractivity contribution < 1.29 is 67.3 Å². The summed E-state index contributed by atoms with van der Waals surface area (Å²) in [5, 5.41) is 30.6. The van der Waals surface area contributed by atoms with Crippen molar-refractivity contribution in [1.29, 1.82) is 0 Å². The average molecular weight is 1250 g/mol. The van der Waals surface area contributed by atoms with Gasteiger partial charge in [0.25, 0.3) is 0 Å². The lowest BCUT2D eigenvalue weighted by Crippen LogP contribution is -2.62. The first-order chi connectivity index (χ1) is 41.6. The number of likely N-dealkylation sites (N-methyl/N-ethyl adjacent to an activating group) is 1. The maximum Gasteiger partial charge on any atom is 0.408 e. The highest BCUT2D eigenvalue weighted by molar-refractivity contribution is 7.09. The molecule has 4 rings (SSSR count). The van der Waals surface area contributed by atoms with Gasteiger partial charge in [-0.1, -0.05) is 97.4 Å². The Bertz CT molecular complexity index is 2790. The van der Waals surface area contributed by atoms with E-state index in [4.69, 9.17) is 25.1 Å². The zero-order chi connectivity index (χ0) is 65.4. The molecule has 10 amide bonds. The van der Waals surface area contributed by atoms with E-state index in [0.29, 0.717) is 43.5 Å². The number of hydrogen-bond donors (Lipinski definition) is 9. The second-order valence-corrected chi connectivity index (χ2v) is 24.5. The predicted octanol–water partition coefficient (Wildman–Crippen LogP) is 5.19. The lowest BCUT2D eigenvalue weighted by Gasteiger charge is -2.41. The number of methoxy groups -OCH3 is 2. The molecule has 1 aliphatic rings. The molecule has 0 unspecified atom stereocenters. The summed E-state index contributed by atoms with van der Waals surface area (Å²) in [6.45, 7) is 15.9. The molecule has 2 aromatic carbocycles. The normalized spacial score (nSPS) is 16.3. The molecule has 486 valence electrons. The van der Waals surface area contributed by atoms with E-state index in [1.54, 1.807) is 65.1 Å². The predicted molar refractivity (Wildman–Crippen MR) is 331 cm³/mol. The SMILES string of the molecule is CC[C@H](C)[C@@H]([C@@H](CC(=O)N1CCC[C@H]1[C@H](OC)[C@@H](C)C(=O)N[C@@H](Cc1ccccc1)c1nccs1)OC)N(C)C(=O)[C@@H](NC(=O)C(C)(C)NC(=O)OCc1ccc(NC(=O)[C@H](CCCNC(N)=O)NC(=O)[C@@H](NC(=O)CCC(=O)O)C(C)C)cc1)C(C)C. The highest BCUT2D eigenvalue weighted by Gasteiger charge is 2.44. The molecule has 25 nitrogen and oxygen atoms in total. The number of thiazole rings is 1. The van der Waals surface area contributed by atoms with Gasteiger partial charge in [0, 0.05) is 58.0 Å². The van der Waals surface area contributed by atoms with Gasteiger partial charge in [0.1, 0.15) is 35.3 Å². The standard InChI is InChI=1S/C62H93N11O14S/c1-13-38(6)52(46(85-11)34-48(75)73-31-18-22-45(73)53(86-12)39(7)54(78)68-44(57-64-30-32-88-57)33-40-19-15-14-16-20-40)72(10)58(81)51(37(4)5)70-59(82)62(8,9)71-61(84)87-35-41-23-25-42(26-24-41)66-55(79)43(21-17-29-65-60(63)83)67-56(80)50(36(2)3)69-47(74)27-28-49(76)77/h14-16,19-20,23-26,30,32,36-39,43-46,50-53H,13,17-18,21-22,27-29,31,33-35H2,1-12H3,(H,66,79)(H,67,80)(H,68,78)(H,69,74)(H,70,82)(H,71,84)(H,76,77)(H3,63,65,83)/t38-,39+,43-,44-,45-,46+,50-,51-,52-,53+/m0/s1. The molecule has 26 heteroatoms. The molecule has 0 saturated carbocycles. The summed E-state index contributed by atoms with van der Waals surface area (Å²) in [6, 6.07) is 10.6. The second kappa shape index (κ2) is 35.3. The molecule has 10 N–H and O–H groups in total. The molecule has 0 radical (unpaired) electrons. The van der Waals surface area contributed by atoms with Crippen molar-refractivity contribution in [3.8, 4) is 0 Å². The summed E-state index contributed by atoms with van der Waals surface area (Å²) in [4.78, 5) is 140. The minimum Gasteiger partial charge on any atom is -0.481 e. The molecule has 1 saturated heterocycles. The van der Waals surface area contributed by atoms with E-state index in [0.717, 1.165) is 10.6 Å². The van der Waals surface area contributed by atoms with E-state index in [-0.39, 0.29) is 62.6 Å². The van der Waals surface area contributed by atoms with Crippen LogP contribution in [-0.2, 0) is 65.6 Å². The Morgan fingerprint density at radius 3 is 2.08 bits per heavy atom. The highest BCUT2D eigenvalue weighted by atomic mass is 32.1. The number of aromatic nitrogens is 1. The maximum absolute atomic E-state index is 14.7. The van der Waals surface area contributed by atoms with Crippen LogP contribution in [0.3, 0.4) is 0 Å². The van der Waals surface area contributed by atoms with Crippen LogP contribution in [-0.4, -0.2) is 162 Å². The van der Waals surface area contributed by atoms with E-state index in [2.05, 4.69) is 42.2 Å². The molecule has 0 aliphatic carbocycles. The van der Waals surface area contributed by atoms with E-state index in [1.165, 1.54) is 49.3 Å². The van der Waals surface area contributed by atoms with E-state index < -0.39 is 120 Å². The van der Waals surface area contributed by atoms with Crippen molar-refractivity contribution in [3.05, 3.63) is 82.3 Å². The van der Waals surface area contributed by atoms with Crippen molar-refractivity contribution in [1.82, 2.24) is 46.7 Å². The Morgan fingerprint density at radius 2 is 1.50 bits per heavy atom. The van der Waals surface area contributed by atoms with Crippen molar-refractivity contribution in [2.24, 2.45) is 29.4 Å². The molecule has 10 atom stereocenters. The van der Waals surface area contributed by atoms with E-state index >= 15 is 0 Å². The number of aliphatic carboxylic acids is 1. The number of carbonyl (C=O) groups is 10. The number of rotatable bonds is 35. The molecule has 0 bridgehead atoms. The molecular formula is C62H93N11O14S. The smallest absolute Gasteiger partial charge is 0.408 e. The first-order valence-corrected chi connectivity index (χ1v) is 30.9. The van der Waals surface area contributed by atoms with Gasteiger partial charge in [-0.2, -0.15) is 0 Å². The lowest BCUT2D eigenvalue weighted by molar-refractivity contribution is -0.148. The van der Waals surface area contributed by atoms with Crippen molar-refractivity contribution in [2.75, 3.05) is 39.7 Å². The fraction of sp³-hybridized carbons (Fsp3) is 0.597. The van der Waals surface area contributed by atoms with Gasteiger partial charge in [0.05, 0.1) is 49.1 Å². The average Bonchev–Trinajstić information content (AvgIpc) is 4.36. The minimum atomic E-state index is -1.59. The zero-order valence-corrected chi connectivity index (χ0v) is 53.7. The van der Waals surface area contributed by atoms with Crippen LogP contribution < -0.4 is 43.0 Å². The number of likely N-dealkylation sites (tertiary alicyclic amines) is 1. The Hall–Kier alpha value is -7.71. The third-order valence-corrected chi connectivity index (χ3v) is 16.7. The van der Waals surface area contributed by atoms with Gasteiger partial charge in [0.2, 0.25) is 41.4 Å². The Balaban J connectivity index is 1.37. The van der Waals surface area contributed by atoms with Crippen LogP contribution in [0.5, 0.6) is 0 Å². The molecular weight excluding hydrogens is 1150 g/mol. The Kier molecular flexibility index (Phi) is 29.2. The van der Waals surface area contributed by atoms with Gasteiger partial charge in [-0.05, 0) is 87.0 Å². The van der Waals surface area contributed by atoms with Gasteiger partial charge < -0.3 is 72.1 Å². The van der Waals surface area contributed by atoms with Crippen LogP contribution in [0.2, 0.25) is 0 Å². The molecule has 88 heavy (non-hydrogen) atoms. The molecule has 0 spiro atoms. The Morgan fingerprint density at radius 1 is 0.830 bits per heavy atom. The van der Waals surface area contributed by atoms with Crippen LogP contribution in [0.1, 0.15) is 136 Å². The van der Waals surface area contributed by atoms with Gasteiger partial charge in [-0.3, -0.25) is 38.4 Å². The van der Waals surface area contributed by atoms with Crippen LogP contribution in [0.4, 0.5) is 15.3 Å². The van der Waals surface area contributed by atoms with Crippen LogP contribution in [0.25, 0.3) is 0 Å². The van der Waals surface area contributed by atoms with Crippen LogP contribution in [0.15, 0.2) is 66.2 Å². The van der Waals surface area contributed by atoms with Crippen molar-refractivity contribution >= 4 is 76.5 Å². The molecule has 3 aromatic rings. The zero-order valence-electron chi connectivity index (χ0n) is 52.8. The highest BCUT2D eigenvalue weighted by Crippen LogP contribution is 2.31. The monoisotopic (exact) mass is 1250 g/mol. The topological polar surface area (TPSA) is 348 Å². The summed E-state index contributed by atoms with van der Waals surface area (Å²) in [6.07, 6.45) is 1.28. The van der Waals surface area contributed by atoms with E-state index in [9.17, 15) is 47.9 Å². The number of anilines is 1. The quantitative estimate of drug-likeness (QED) is 0.0342. The summed E-state index contributed by atoms with van der Waals surface area (Å²) >= 11 is 1.47. The van der Waals surface area contributed by atoms with E-state index in [1.807, 2.05) is 56.5 Å². The maximum atomic E-state index is 14.7. The summed E-state index contributed by atoms with van der Waals surface area (Å²) < 4.78 is 17.6. The van der Waals surface area contributed by atoms with Crippen molar-refractivity contribution in [3.63, 3.8) is 0 Å². The number of urea groups is 1. The third-order valence-electron chi connectivity index (χ3n) is 15.8. The number of amides is 10. The molecule has 1 fully saturated rings. The largest absolute Gasteiger partial charge is 0.481 e. The fourth-order valence-electron chi connectivity index (χ4n) is 10.6. The number of carbonyl (C=O) groups excluding carboxylic acids is 9. The number of alkyl carbamates (subject to hydrolysis) is 1. The number of ether oxygens (including phenoxy) is 3. The number of benzene rings is 2. The van der Waals surface area contributed by atoms with Crippen LogP contribution >= 0.6 is 11.3 Å². The molecule has 1 aliphatic heterocycles. The molecule has 2 heterocycles.